The summed E-state index contributed by atoms with van der Waals surface area (Å²) in [5.41, 5.74) is 12.2. The first-order chi connectivity index (χ1) is 9.65. The Morgan fingerprint density at radius 1 is 1.25 bits per heavy atom. The molecular weight excluding hydrogens is 254 g/mol. The predicted molar refractivity (Wildman–Crippen MR) is 80.6 cm³/mol. The van der Waals surface area contributed by atoms with Crippen LogP contribution in [0.15, 0.2) is 28.4 Å². The quantitative estimate of drug-likeness (QED) is 0.433. The van der Waals surface area contributed by atoms with Gasteiger partial charge in [0, 0.05) is 12.1 Å². The molecule has 0 bridgehead atoms. The van der Waals surface area contributed by atoms with Crippen molar-refractivity contribution in [2.24, 2.45) is 21.7 Å². The van der Waals surface area contributed by atoms with Crippen molar-refractivity contribution in [2.45, 2.75) is 25.8 Å². The third-order valence-electron chi connectivity index (χ3n) is 3.33. The summed E-state index contributed by atoms with van der Waals surface area (Å²) in [7, 11) is 0. The number of phenols is 1. The molecule has 1 aliphatic heterocycles. The van der Waals surface area contributed by atoms with Gasteiger partial charge in [-0.25, -0.2) is 0 Å². The van der Waals surface area contributed by atoms with Crippen molar-refractivity contribution in [1.82, 2.24) is 4.90 Å². The number of nitrogens with two attached hydrogens (primary N) is 2. The van der Waals surface area contributed by atoms with Crippen molar-refractivity contribution < 1.29 is 5.11 Å². The molecule has 1 aromatic carbocycles. The van der Waals surface area contributed by atoms with Crippen molar-refractivity contribution in [3.05, 3.63) is 29.3 Å². The largest absolute Gasteiger partial charge is 0.508 e. The first kappa shape index (κ1) is 14.3. The van der Waals surface area contributed by atoms with Crippen molar-refractivity contribution in [3.63, 3.8) is 0 Å². The van der Waals surface area contributed by atoms with E-state index in [1.54, 1.807) is 18.3 Å². The Morgan fingerprint density at radius 3 is 2.70 bits per heavy atom. The molecule has 20 heavy (non-hydrogen) atoms. The summed E-state index contributed by atoms with van der Waals surface area (Å²) in [4.78, 5) is 2.36. The van der Waals surface area contributed by atoms with Crippen molar-refractivity contribution in [1.29, 1.82) is 0 Å². The van der Waals surface area contributed by atoms with Gasteiger partial charge in [-0.2, -0.15) is 5.10 Å². The number of rotatable bonds is 4. The van der Waals surface area contributed by atoms with Gasteiger partial charge in [0.1, 0.15) is 5.75 Å². The molecule has 2 rings (SSSR count). The topological polar surface area (TPSA) is 100 Å². The average molecular weight is 275 g/mol. The van der Waals surface area contributed by atoms with Gasteiger partial charge >= 0.3 is 0 Å². The zero-order valence-electron chi connectivity index (χ0n) is 11.5. The first-order valence-corrected chi connectivity index (χ1v) is 6.81. The van der Waals surface area contributed by atoms with Gasteiger partial charge in [-0.1, -0.05) is 6.42 Å². The fraction of sp³-hybridized carbons (Fsp3) is 0.429. The van der Waals surface area contributed by atoms with E-state index < -0.39 is 0 Å². The number of phenolic OH excluding ortho intramolecular Hbond substituents is 1. The minimum Gasteiger partial charge on any atom is -0.508 e. The molecule has 1 aromatic rings. The molecule has 6 heteroatoms. The second-order valence-corrected chi connectivity index (χ2v) is 4.99. The van der Waals surface area contributed by atoms with Gasteiger partial charge in [0.25, 0.3) is 0 Å². The van der Waals surface area contributed by atoms with Gasteiger partial charge < -0.3 is 16.6 Å². The summed E-state index contributed by atoms with van der Waals surface area (Å²) in [6, 6.07) is 5.37. The maximum atomic E-state index is 9.94. The minimum absolute atomic E-state index is 0.0754. The zero-order chi connectivity index (χ0) is 14.4. The highest BCUT2D eigenvalue weighted by molar-refractivity contribution is 5.82. The molecule has 0 aromatic heterocycles. The van der Waals surface area contributed by atoms with Crippen molar-refractivity contribution in [2.75, 3.05) is 13.1 Å². The third kappa shape index (κ3) is 4.24. The van der Waals surface area contributed by atoms with Crippen LogP contribution in [-0.2, 0) is 6.54 Å². The Labute approximate surface area is 118 Å². The molecule has 1 fully saturated rings. The number of guanidine groups is 1. The summed E-state index contributed by atoms with van der Waals surface area (Å²) >= 11 is 0. The first-order valence-electron chi connectivity index (χ1n) is 6.81. The van der Waals surface area contributed by atoms with Crippen LogP contribution in [0.4, 0.5) is 0 Å². The fourth-order valence-electron chi connectivity index (χ4n) is 2.33. The lowest BCUT2D eigenvalue weighted by Gasteiger charge is -2.26. The number of nitrogens with zero attached hydrogens (tertiary/aromatic N) is 3. The van der Waals surface area contributed by atoms with Crippen LogP contribution in [0.25, 0.3) is 0 Å². The number of hydrogen-bond acceptors (Lipinski definition) is 4. The monoisotopic (exact) mass is 275 g/mol. The number of benzene rings is 1. The molecule has 0 radical (unpaired) electrons. The van der Waals surface area contributed by atoms with Crippen molar-refractivity contribution in [3.8, 4) is 5.75 Å². The molecule has 1 heterocycles. The Hall–Kier alpha value is -2.08. The highest BCUT2D eigenvalue weighted by atomic mass is 16.3. The summed E-state index contributed by atoms with van der Waals surface area (Å²) in [5.74, 6) is 0.239. The van der Waals surface area contributed by atoms with Crippen LogP contribution in [0.1, 0.15) is 30.4 Å². The second-order valence-electron chi connectivity index (χ2n) is 4.99. The van der Waals surface area contributed by atoms with Gasteiger partial charge in [-0.15, -0.1) is 5.10 Å². The molecule has 0 spiro atoms. The van der Waals surface area contributed by atoms with Gasteiger partial charge in [-0.3, -0.25) is 4.90 Å². The number of piperidine rings is 1. The summed E-state index contributed by atoms with van der Waals surface area (Å²) in [6.07, 6.45) is 5.32. The number of likely N-dealkylation sites (tertiary alicyclic amines) is 1. The predicted octanol–water partition coefficient (Wildman–Crippen LogP) is 0.985. The molecule has 6 nitrogen and oxygen atoms in total. The van der Waals surface area contributed by atoms with E-state index >= 15 is 0 Å². The van der Waals surface area contributed by atoms with Crippen LogP contribution < -0.4 is 11.5 Å². The van der Waals surface area contributed by atoms with E-state index in [0.717, 1.165) is 30.8 Å². The van der Waals surface area contributed by atoms with Gasteiger partial charge in [0.05, 0.1) is 6.21 Å². The van der Waals surface area contributed by atoms with Gasteiger partial charge in [0.15, 0.2) is 0 Å². The summed E-state index contributed by atoms with van der Waals surface area (Å²) in [6.45, 7) is 2.94. The van der Waals surface area contributed by atoms with E-state index in [2.05, 4.69) is 15.1 Å². The molecular formula is C14H21N5O. The Bertz CT molecular complexity index is 502. The molecule has 0 saturated carbocycles. The highest BCUT2D eigenvalue weighted by Crippen LogP contribution is 2.21. The van der Waals surface area contributed by atoms with Crippen molar-refractivity contribution >= 4 is 12.2 Å². The smallest absolute Gasteiger partial charge is 0.211 e. The lowest BCUT2D eigenvalue weighted by molar-refractivity contribution is 0.218. The van der Waals surface area contributed by atoms with Gasteiger partial charge in [0.2, 0.25) is 5.96 Å². The molecule has 0 atom stereocenters. The maximum absolute atomic E-state index is 9.94. The molecule has 108 valence electrons. The van der Waals surface area contributed by atoms with Crippen LogP contribution in [0, 0.1) is 0 Å². The minimum atomic E-state index is -0.0754. The van der Waals surface area contributed by atoms with Crippen LogP contribution in [0.5, 0.6) is 5.75 Å². The van der Waals surface area contributed by atoms with E-state index in [-0.39, 0.29) is 5.96 Å². The molecule has 0 amide bonds. The number of aromatic hydroxyl groups is 1. The SMILES string of the molecule is NC(N)=NN=Cc1ccc(O)c(CN2CCCCC2)c1. The zero-order valence-corrected chi connectivity index (χ0v) is 11.5. The third-order valence-corrected chi connectivity index (χ3v) is 3.33. The summed E-state index contributed by atoms with van der Waals surface area (Å²) < 4.78 is 0. The van der Waals surface area contributed by atoms with Crippen LogP contribution in [0.3, 0.4) is 0 Å². The molecule has 1 aliphatic rings. The Balaban J connectivity index is 2.07. The molecule has 5 N–H and O–H groups in total. The normalized spacial score (nSPS) is 16.4. The van der Waals surface area contributed by atoms with Crippen LogP contribution >= 0.6 is 0 Å². The molecule has 1 saturated heterocycles. The van der Waals surface area contributed by atoms with E-state index in [1.807, 2.05) is 6.07 Å². The maximum Gasteiger partial charge on any atom is 0.211 e. The van der Waals surface area contributed by atoms with E-state index in [4.69, 9.17) is 11.5 Å². The standard InChI is InChI=1S/C14H21N5O/c15-14(16)18-17-9-11-4-5-13(20)12(8-11)10-19-6-2-1-3-7-19/h4-5,8-9,20H,1-3,6-7,10H2,(H4,15,16,18). The lowest BCUT2D eigenvalue weighted by Crippen LogP contribution is -2.29. The van der Waals surface area contributed by atoms with E-state index in [0.29, 0.717) is 5.75 Å². The molecule has 0 aliphatic carbocycles. The summed E-state index contributed by atoms with van der Waals surface area (Å²) in [5, 5.41) is 17.3. The highest BCUT2D eigenvalue weighted by Gasteiger charge is 2.12. The second kappa shape index (κ2) is 6.91. The van der Waals surface area contributed by atoms with Gasteiger partial charge in [-0.05, 0) is 49.7 Å². The average Bonchev–Trinajstić information content (AvgIpc) is 2.43. The van der Waals surface area contributed by atoms with Crippen LogP contribution in [-0.4, -0.2) is 35.3 Å². The van der Waals surface area contributed by atoms with Crippen LogP contribution in [0.2, 0.25) is 0 Å². The Morgan fingerprint density at radius 2 is 2.00 bits per heavy atom. The van der Waals surface area contributed by atoms with E-state index in [1.165, 1.54) is 19.3 Å². The van der Waals surface area contributed by atoms with E-state index in [9.17, 15) is 5.11 Å². The Kier molecular flexibility index (Phi) is 4.95. The molecule has 0 unspecified atom stereocenters. The lowest BCUT2D eigenvalue weighted by atomic mass is 10.1. The fourth-order valence-corrected chi connectivity index (χ4v) is 2.33. The number of hydrogen-bond donors (Lipinski definition) is 3.